The maximum atomic E-state index is 12.3. The van der Waals surface area contributed by atoms with Gasteiger partial charge in [-0.3, -0.25) is 14.3 Å². The first-order chi connectivity index (χ1) is 9.65. The van der Waals surface area contributed by atoms with Gasteiger partial charge in [-0.05, 0) is 12.1 Å². The smallest absolute Gasteiger partial charge is 0.267 e. The molecule has 0 aromatic carbocycles. The van der Waals surface area contributed by atoms with Crippen molar-refractivity contribution in [2.75, 3.05) is 0 Å². The maximum Gasteiger partial charge on any atom is 0.267 e. The Morgan fingerprint density at radius 2 is 2.35 bits per heavy atom. The minimum absolute atomic E-state index is 0.0767. The van der Waals surface area contributed by atoms with Crippen LogP contribution >= 0.6 is 23.5 Å². The third-order valence-corrected chi connectivity index (χ3v) is 5.43. The van der Waals surface area contributed by atoms with Crippen molar-refractivity contribution in [2.24, 2.45) is 7.05 Å². The normalized spacial score (nSPS) is 17.2. The summed E-state index contributed by atoms with van der Waals surface area (Å²) in [5, 5.41) is 1.22. The van der Waals surface area contributed by atoms with Crippen LogP contribution < -0.4 is 5.56 Å². The van der Waals surface area contributed by atoms with Crippen LogP contribution in [0.4, 0.5) is 0 Å². The first-order valence-corrected chi connectivity index (χ1v) is 8.31. The van der Waals surface area contributed by atoms with E-state index in [1.165, 1.54) is 0 Å². The van der Waals surface area contributed by atoms with Crippen molar-refractivity contribution in [1.82, 2.24) is 14.5 Å². The van der Waals surface area contributed by atoms with Crippen molar-refractivity contribution in [1.29, 1.82) is 0 Å². The summed E-state index contributed by atoms with van der Waals surface area (Å²) in [5.41, 5.74) is 2.02. The van der Waals surface area contributed by atoms with E-state index < -0.39 is 0 Å². The van der Waals surface area contributed by atoms with E-state index in [1.54, 1.807) is 41.3 Å². The average molecular weight is 305 g/mol. The molecule has 3 rings (SSSR count). The number of hydrogen-bond acceptors (Lipinski definition) is 5. The van der Waals surface area contributed by atoms with Crippen molar-refractivity contribution in [2.45, 2.75) is 34.4 Å². The maximum absolute atomic E-state index is 12.3. The molecule has 0 saturated heterocycles. The van der Waals surface area contributed by atoms with Gasteiger partial charge in [-0.2, -0.15) is 0 Å². The molecule has 0 N–H and O–H groups in total. The summed E-state index contributed by atoms with van der Waals surface area (Å²) in [6, 6.07) is 5.85. The average Bonchev–Trinajstić information content (AvgIpc) is 2.83. The lowest BCUT2D eigenvalue weighted by Gasteiger charge is -2.08. The van der Waals surface area contributed by atoms with Crippen LogP contribution in [0.15, 0.2) is 39.2 Å². The van der Waals surface area contributed by atoms with Crippen molar-refractivity contribution < 1.29 is 0 Å². The Kier molecular flexibility index (Phi) is 3.85. The molecule has 0 amide bonds. The summed E-state index contributed by atoms with van der Waals surface area (Å²) in [5.74, 6) is 0.725. The van der Waals surface area contributed by atoms with Gasteiger partial charge in [0.15, 0.2) is 5.16 Å². The molecule has 0 radical (unpaired) electrons. The summed E-state index contributed by atoms with van der Waals surface area (Å²) < 4.78 is 1.65. The molecular weight excluding hydrogens is 290 g/mol. The standard InChI is InChI=1S/C14H15N3OS2/c1-9-7-11-12(20-9)13(18)17(2)14(16-11)19-8-10-5-3-4-6-15-10/h3-6,9H,7-8H2,1-2H3. The molecule has 1 atom stereocenters. The van der Waals surface area contributed by atoms with Gasteiger partial charge in [-0.25, -0.2) is 4.98 Å². The van der Waals surface area contributed by atoms with Crippen molar-refractivity contribution in [3.05, 3.63) is 46.1 Å². The van der Waals surface area contributed by atoms with Gasteiger partial charge in [0, 0.05) is 30.7 Å². The molecule has 1 aliphatic rings. The number of nitrogens with zero attached hydrogens (tertiary/aromatic N) is 3. The van der Waals surface area contributed by atoms with Gasteiger partial charge in [0.1, 0.15) is 0 Å². The third-order valence-electron chi connectivity index (χ3n) is 3.15. The van der Waals surface area contributed by atoms with E-state index in [1.807, 2.05) is 18.2 Å². The Labute approximate surface area is 126 Å². The van der Waals surface area contributed by atoms with E-state index in [-0.39, 0.29) is 5.56 Å². The Balaban J connectivity index is 1.86. The molecule has 2 aromatic heterocycles. The fraction of sp³-hybridized carbons (Fsp3) is 0.357. The molecule has 0 saturated carbocycles. The van der Waals surface area contributed by atoms with Gasteiger partial charge < -0.3 is 0 Å². The van der Waals surface area contributed by atoms with Gasteiger partial charge in [0.25, 0.3) is 5.56 Å². The Bertz CT molecular complexity index is 685. The number of hydrogen-bond donors (Lipinski definition) is 0. The highest BCUT2D eigenvalue weighted by Gasteiger charge is 2.25. The minimum Gasteiger partial charge on any atom is -0.290 e. The number of pyridine rings is 1. The Morgan fingerprint density at radius 3 is 3.10 bits per heavy atom. The van der Waals surface area contributed by atoms with Crippen molar-refractivity contribution >= 4 is 23.5 Å². The lowest BCUT2D eigenvalue weighted by molar-refractivity contribution is 0.665. The molecule has 0 spiro atoms. The van der Waals surface area contributed by atoms with Crippen LogP contribution in [-0.2, 0) is 19.2 Å². The van der Waals surface area contributed by atoms with Gasteiger partial charge in [-0.1, -0.05) is 24.8 Å². The second kappa shape index (κ2) is 5.61. The lowest BCUT2D eigenvalue weighted by atomic mass is 10.2. The van der Waals surface area contributed by atoms with Crippen LogP contribution in [0.1, 0.15) is 18.3 Å². The number of thioether (sulfide) groups is 2. The predicted octanol–water partition coefficient (Wildman–Crippen LogP) is 2.50. The summed E-state index contributed by atoms with van der Waals surface area (Å²) in [7, 11) is 1.79. The SMILES string of the molecule is CC1Cc2nc(SCc3ccccn3)n(C)c(=O)c2S1. The van der Waals surface area contributed by atoms with Crippen molar-refractivity contribution in [3.8, 4) is 0 Å². The number of rotatable bonds is 3. The minimum atomic E-state index is 0.0767. The molecule has 104 valence electrons. The second-order valence-corrected chi connectivity index (χ2v) is 7.17. The largest absolute Gasteiger partial charge is 0.290 e. The third kappa shape index (κ3) is 2.62. The first-order valence-electron chi connectivity index (χ1n) is 6.44. The fourth-order valence-electron chi connectivity index (χ4n) is 2.13. The van der Waals surface area contributed by atoms with E-state index in [4.69, 9.17) is 0 Å². The molecular formula is C14H15N3OS2. The van der Waals surface area contributed by atoms with Crippen molar-refractivity contribution in [3.63, 3.8) is 0 Å². The van der Waals surface area contributed by atoms with Crippen LogP contribution in [0.5, 0.6) is 0 Å². The highest BCUT2D eigenvalue weighted by atomic mass is 32.2. The van der Waals surface area contributed by atoms with E-state index in [0.29, 0.717) is 5.25 Å². The molecule has 3 heterocycles. The Morgan fingerprint density at radius 1 is 1.50 bits per heavy atom. The van der Waals surface area contributed by atoms with Gasteiger partial charge in [0.05, 0.1) is 16.3 Å². The highest BCUT2D eigenvalue weighted by molar-refractivity contribution is 8.00. The van der Waals surface area contributed by atoms with Gasteiger partial charge >= 0.3 is 0 Å². The molecule has 2 aromatic rings. The van der Waals surface area contributed by atoms with E-state index in [9.17, 15) is 4.79 Å². The molecule has 20 heavy (non-hydrogen) atoms. The second-order valence-electron chi connectivity index (χ2n) is 4.78. The Hall–Kier alpha value is -1.27. The van der Waals surface area contributed by atoms with Gasteiger partial charge in [-0.15, -0.1) is 11.8 Å². The summed E-state index contributed by atoms with van der Waals surface area (Å²) >= 11 is 3.20. The van der Waals surface area contributed by atoms with Gasteiger partial charge in [0.2, 0.25) is 0 Å². The first kappa shape index (κ1) is 13.7. The molecule has 0 bridgehead atoms. The zero-order chi connectivity index (χ0) is 14.1. The molecule has 6 heteroatoms. The molecule has 1 aliphatic heterocycles. The summed E-state index contributed by atoms with van der Waals surface area (Å²) in [4.78, 5) is 22.1. The summed E-state index contributed by atoms with van der Waals surface area (Å²) in [6.45, 7) is 2.13. The monoisotopic (exact) mass is 305 g/mol. The predicted molar refractivity (Wildman–Crippen MR) is 82.3 cm³/mol. The molecule has 0 aliphatic carbocycles. The topological polar surface area (TPSA) is 47.8 Å². The lowest BCUT2D eigenvalue weighted by Crippen LogP contribution is -2.22. The van der Waals surface area contributed by atoms with Crippen LogP contribution in [0.2, 0.25) is 0 Å². The van der Waals surface area contributed by atoms with Crippen LogP contribution in [0.3, 0.4) is 0 Å². The zero-order valence-corrected chi connectivity index (χ0v) is 13.0. The number of aromatic nitrogens is 3. The van der Waals surface area contributed by atoms with E-state index in [2.05, 4.69) is 16.9 Å². The fourth-order valence-corrected chi connectivity index (χ4v) is 4.17. The van der Waals surface area contributed by atoms with Crippen LogP contribution in [-0.4, -0.2) is 19.8 Å². The van der Waals surface area contributed by atoms with Crippen LogP contribution in [0, 0.1) is 0 Å². The molecule has 4 nitrogen and oxygen atoms in total. The number of fused-ring (bicyclic) bond motifs is 1. The zero-order valence-electron chi connectivity index (χ0n) is 11.4. The van der Waals surface area contributed by atoms with E-state index >= 15 is 0 Å². The highest BCUT2D eigenvalue weighted by Crippen LogP contribution is 2.34. The van der Waals surface area contributed by atoms with Crippen LogP contribution in [0.25, 0.3) is 0 Å². The quantitative estimate of drug-likeness (QED) is 0.644. The van der Waals surface area contributed by atoms with E-state index in [0.717, 1.165) is 33.6 Å². The molecule has 0 fully saturated rings. The molecule has 1 unspecified atom stereocenters. The summed E-state index contributed by atoms with van der Waals surface area (Å²) in [6.07, 6.45) is 2.66.